The number of anilines is 2. The van der Waals surface area contributed by atoms with Crippen LogP contribution in [0.3, 0.4) is 0 Å². The number of aryl methyl sites for hydroxylation is 1. The molecule has 4 rings (SSSR count). The van der Waals surface area contributed by atoms with Crippen molar-refractivity contribution in [2.75, 3.05) is 24.7 Å². The van der Waals surface area contributed by atoms with E-state index in [9.17, 15) is 8.42 Å². The lowest BCUT2D eigenvalue weighted by atomic mass is 10.0. The van der Waals surface area contributed by atoms with E-state index in [0.717, 1.165) is 5.56 Å². The van der Waals surface area contributed by atoms with Gasteiger partial charge in [0.15, 0.2) is 5.65 Å². The fraction of sp³-hybridized carbons (Fsp3) is 0.143. The monoisotopic (exact) mass is 439 g/mol. The van der Waals surface area contributed by atoms with Crippen molar-refractivity contribution in [3.05, 3.63) is 60.4 Å². The van der Waals surface area contributed by atoms with Crippen LogP contribution in [0.4, 0.5) is 11.5 Å². The van der Waals surface area contributed by atoms with Crippen molar-refractivity contribution in [3.8, 4) is 22.6 Å². The number of sulfonamides is 1. The standard InChI is InChI=1S/C21H21N5O4S/c1-13-10-14(16-12-23-20-8-9-24-26(20)21(16)22)4-6-17(13)25-31(27,28)19-11-15(29-2)5-7-18(19)30-3/h4-12,25H,22H2,1-3H3. The summed E-state index contributed by atoms with van der Waals surface area (Å²) in [5.41, 5.74) is 9.52. The Morgan fingerprint density at radius 2 is 1.87 bits per heavy atom. The van der Waals surface area contributed by atoms with Crippen molar-refractivity contribution < 1.29 is 17.9 Å². The van der Waals surface area contributed by atoms with E-state index in [2.05, 4.69) is 14.8 Å². The van der Waals surface area contributed by atoms with Crippen LogP contribution in [0.1, 0.15) is 5.56 Å². The maximum Gasteiger partial charge on any atom is 0.265 e. The first kappa shape index (κ1) is 20.5. The predicted molar refractivity (Wildman–Crippen MR) is 118 cm³/mol. The molecule has 0 saturated carbocycles. The van der Waals surface area contributed by atoms with Crippen LogP contribution in [-0.4, -0.2) is 37.2 Å². The number of fused-ring (bicyclic) bond motifs is 1. The zero-order valence-electron chi connectivity index (χ0n) is 17.2. The summed E-state index contributed by atoms with van der Waals surface area (Å²) >= 11 is 0. The van der Waals surface area contributed by atoms with Gasteiger partial charge in [0.1, 0.15) is 22.2 Å². The Hall–Kier alpha value is -3.79. The fourth-order valence-electron chi connectivity index (χ4n) is 3.25. The van der Waals surface area contributed by atoms with E-state index in [0.29, 0.717) is 34.0 Å². The van der Waals surface area contributed by atoms with Crippen LogP contribution in [0.2, 0.25) is 0 Å². The Morgan fingerprint density at radius 3 is 2.58 bits per heavy atom. The van der Waals surface area contributed by atoms with E-state index in [1.54, 1.807) is 54.2 Å². The van der Waals surface area contributed by atoms with Gasteiger partial charge < -0.3 is 15.2 Å². The molecule has 0 radical (unpaired) electrons. The molecule has 10 heteroatoms. The Bertz CT molecular complexity index is 1380. The molecule has 2 aromatic carbocycles. The van der Waals surface area contributed by atoms with Crippen molar-refractivity contribution >= 4 is 27.2 Å². The summed E-state index contributed by atoms with van der Waals surface area (Å²) in [5, 5.41) is 4.17. The summed E-state index contributed by atoms with van der Waals surface area (Å²) in [6.45, 7) is 1.81. The molecule has 0 bridgehead atoms. The molecule has 31 heavy (non-hydrogen) atoms. The number of rotatable bonds is 6. The highest BCUT2D eigenvalue weighted by Crippen LogP contribution is 2.32. The minimum Gasteiger partial charge on any atom is -0.497 e. The molecule has 0 aliphatic carbocycles. The maximum atomic E-state index is 13.0. The van der Waals surface area contributed by atoms with Gasteiger partial charge in [-0.25, -0.2) is 13.4 Å². The molecule has 0 amide bonds. The van der Waals surface area contributed by atoms with Crippen molar-refractivity contribution in [1.82, 2.24) is 14.6 Å². The molecular formula is C21H21N5O4S. The third kappa shape index (κ3) is 3.73. The summed E-state index contributed by atoms with van der Waals surface area (Å²) in [6.07, 6.45) is 3.30. The lowest BCUT2D eigenvalue weighted by molar-refractivity contribution is 0.392. The van der Waals surface area contributed by atoms with Crippen LogP contribution in [-0.2, 0) is 10.0 Å². The highest BCUT2D eigenvalue weighted by atomic mass is 32.2. The summed E-state index contributed by atoms with van der Waals surface area (Å²) in [6, 6.07) is 11.6. The number of nitrogens with zero attached hydrogens (tertiary/aromatic N) is 3. The quantitative estimate of drug-likeness (QED) is 0.473. The van der Waals surface area contributed by atoms with Gasteiger partial charge in [-0.3, -0.25) is 4.72 Å². The lowest BCUT2D eigenvalue weighted by Gasteiger charge is -2.15. The predicted octanol–water partition coefficient (Wildman–Crippen LogP) is 3.10. The Morgan fingerprint density at radius 1 is 1.06 bits per heavy atom. The molecule has 4 aromatic rings. The van der Waals surface area contributed by atoms with E-state index in [1.807, 2.05) is 6.07 Å². The SMILES string of the molecule is COc1ccc(OC)c(S(=O)(=O)Nc2ccc(-c3cnc4ccnn4c3N)cc2C)c1. The lowest BCUT2D eigenvalue weighted by Crippen LogP contribution is -2.15. The zero-order valence-corrected chi connectivity index (χ0v) is 18.0. The number of benzene rings is 2. The minimum atomic E-state index is -3.92. The number of aromatic nitrogens is 3. The number of nitrogens with one attached hydrogen (secondary N) is 1. The number of hydrogen-bond acceptors (Lipinski definition) is 7. The molecule has 2 aromatic heterocycles. The summed E-state index contributed by atoms with van der Waals surface area (Å²) in [7, 11) is -1.04. The largest absolute Gasteiger partial charge is 0.497 e. The molecule has 0 fully saturated rings. The molecule has 0 spiro atoms. The minimum absolute atomic E-state index is 0.0181. The van der Waals surface area contributed by atoms with Crippen molar-refractivity contribution in [1.29, 1.82) is 0 Å². The van der Waals surface area contributed by atoms with Gasteiger partial charge in [-0.15, -0.1) is 0 Å². The number of hydrogen-bond donors (Lipinski definition) is 2. The molecule has 0 unspecified atom stereocenters. The Balaban J connectivity index is 1.69. The molecule has 0 saturated heterocycles. The smallest absolute Gasteiger partial charge is 0.265 e. The second kappa shape index (κ2) is 7.80. The maximum absolute atomic E-state index is 13.0. The first-order valence-corrected chi connectivity index (χ1v) is 10.8. The highest BCUT2D eigenvalue weighted by Gasteiger charge is 2.22. The molecule has 160 valence electrons. The molecule has 0 aliphatic heterocycles. The first-order valence-electron chi connectivity index (χ1n) is 9.28. The van der Waals surface area contributed by atoms with Crippen LogP contribution < -0.4 is 19.9 Å². The topological polar surface area (TPSA) is 121 Å². The number of ether oxygens (including phenoxy) is 2. The number of nitrogens with two attached hydrogens (primary N) is 1. The molecular weight excluding hydrogens is 418 g/mol. The normalized spacial score (nSPS) is 11.5. The van der Waals surface area contributed by atoms with E-state index in [-0.39, 0.29) is 10.6 Å². The van der Waals surface area contributed by atoms with Crippen LogP contribution in [0, 0.1) is 6.92 Å². The van der Waals surface area contributed by atoms with Gasteiger partial charge in [0.2, 0.25) is 0 Å². The average molecular weight is 439 g/mol. The van der Waals surface area contributed by atoms with Gasteiger partial charge in [0.25, 0.3) is 10.0 Å². The summed E-state index contributed by atoms with van der Waals surface area (Å²) < 4.78 is 40.6. The van der Waals surface area contributed by atoms with Gasteiger partial charge in [-0.1, -0.05) is 6.07 Å². The van der Waals surface area contributed by atoms with Crippen molar-refractivity contribution in [2.24, 2.45) is 0 Å². The number of methoxy groups -OCH3 is 2. The molecule has 2 heterocycles. The number of nitrogen functional groups attached to an aromatic ring is 1. The summed E-state index contributed by atoms with van der Waals surface area (Å²) in [4.78, 5) is 4.33. The van der Waals surface area contributed by atoms with E-state index >= 15 is 0 Å². The second-order valence-electron chi connectivity index (χ2n) is 6.81. The van der Waals surface area contributed by atoms with Crippen LogP contribution in [0.25, 0.3) is 16.8 Å². The Kier molecular flexibility index (Phi) is 5.15. The fourth-order valence-corrected chi connectivity index (χ4v) is 4.57. The third-order valence-corrected chi connectivity index (χ3v) is 6.28. The highest BCUT2D eigenvalue weighted by molar-refractivity contribution is 7.92. The van der Waals surface area contributed by atoms with Gasteiger partial charge in [0, 0.05) is 23.9 Å². The summed E-state index contributed by atoms with van der Waals surface area (Å²) in [5.74, 6) is 1.07. The van der Waals surface area contributed by atoms with Crippen LogP contribution in [0.5, 0.6) is 11.5 Å². The van der Waals surface area contributed by atoms with Gasteiger partial charge in [-0.05, 0) is 42.3 Å². The molecule has 0 atom stereocenters. The molecule has 0 aliphatic rings. The molecule has 3 N–H and O–H groups in total. The van der Waals surface area contributed by atoms with Gasteiger partial charge in [0.05, 0.1) is 26.1 Å². The third-order valence-electron chi connectivity index (χ3n) is 4.89. The van der Waals surface area contributed by atoms with Crippen molar-refractivity contribution in [2.45, 2.75) is 11.8 Å². The average Bonchev–Trinajstić information content (AvgIpc) is 3.25. The first-order chi connectivity index (χ1) is 14.8. The van der Waals surface area contributed by atoms with Gasteiger partial charge in [-0.2, -0.15) is 9.61 Å². The van der Waals surface area contributed by atoms with Crippen LogP contribution >= 0.6 is 0 Å². The van der Waals surface area contributed by atoms with Gasteiger partial charge >= 0.3 is 0 Å². The van der Waals surface area contributed by atoms with E-state index < -0.39 is 10.0 Å². The Labute approximate surface area is 179 Å². The second-order valence-corrected chi connectivity index (χ2v) is 8.46. The van der Waals surface area contributed by atoms with Crippen LogP contribution in [0.15, 0.2) is 59.8 Å². The zero-order chi connectivity index (χ0) is 22.2. The molecule has 9 nitrogen and oxygen atoms in total. The van der Waals surface area contributed by atoms with E-state index in [1.165, 1.54) is 20.3 Å². The van der Waals surface area contributed by atoms with Crippen molar-refractivity contribution in [3.63, 3.8) is 0 Å². The van der Waals surface area contributed by atoms with E-state index in [4.69, 9.17) is 15.2 Å².